The minimum atomic E-state index is -0.825. The highest BCUT2D eigenvalue weighted by atomic mass is 16.2. The molecule has 1 aromatic carbocycles. The number of amides is 2. The van der Waals surface area contributed by atoms with Gasteiger partial charge in [-0.2, -0.15) is 10.5 Å². The number of hydrogen-bond acceptors (Lipinski definition) is 4. The second-order valence-corrected chi connectivity index (χ2v) is 6.32. The summed E-state index contributed by atoms with van der Waals surface area (Å²) in [5.74, 6) is -0.364. The highest BCUT2D eigenvalue weighted by Crippen LogP contribution is 2.31. The fourth-order valence-corrected chi connectivity index (χ4v) is 3.06. The molecule has 0 saturated heterocycles. The van der Waals surface area contributed by atoms with Gasteiger partial charge in [-0.1, -0.05) is 13.3 Å². The summed E-state index contributed by atoms with van der Waals surface area (Å²) in [6, 6.07) is 10.4. The number of rotatable bonds is 4. The van der Waals surface area contributed by atoms with Crippen LogP contribution in [0.2, 0.25) is 0 Å². The zero-order valence-corrected chi connectivity index (χ0v) is 13.6. The van der Waals surface area contributed by atoms with Crippen LogP contribution in [0.1, 0.15) is 48.5 Å². The monoisotopic (exact) mass is 324 g/mol. The van der Waals surface area contributed by atoms with Crippen molar-refractivity contribution in [2.75, 3.05) is 6.54 Å². The molecule has 1 aromatic rings. The van der Waals surface area contributed by atoms with E-state index in [1.54, 1.807) is 12.1 Å². The van der Waals surface area contributed by atoms with Crippen LogP contribution < -0.4 is 10.6 Å². The molecular formula is C18H20N4O2. The molecule has 0 aliphatic heterocycles. The maximum atomic E-state index is 12.1. The van der Waals surface area contributed by atoms with Crippen LogP contribution in [0.15, 0.2) is 24.3 Å². The van der Waals surface area contributed by atoms with Gasteiger partial charge in [-0.15, -0.1) is 0 Å². The molecule has 6 nitrogen and oxygen atoms in total. The van der Waals surface area contributed by atoms with Crippen molar-refractivity contribution in [2.24, 2.45) is 5.92 Å². The number of carbonyl (C=O) groups is 2. The lowest BCUT2D eigenvalue weighted by atomic mass is 9.77. The van der Waals surface area contributed by atoms with Crippen LogP contribution in [0.25, 0.3) is 0 Å². The van der Waals surface area contributed by atoms with Crippen molar-refractivity contribution in [1.29, 1.82) is 10.5 Å². The molecule has 124 valence electrons. The van der Waals surface area contributed by atoms with Crippen LogP contribution in [0.5, 0.6) is 0 Å². The Labute approximate surface area is 141 Å². The Morgan fingerprint density at radius 1 is 1.29 bits per heavy atom. The highest BCUT2D eigenvalue weighted by Gasteiger charge is 2.36. The second kappa shape index (κ2) is 7.61. The van der Waals surface area contributed by atoms with E-state index in [9.17, 15) is 14.9 Å². The third-order valence-corrected chi connectivity index (χ3v) is 4.28. The third-order valence-electron chi connectivity index (χ3n) is 4.28. The summed E-state index contributed by atoms with van der Waals surface area (Å²) in [7, 11) is 0. The molecular weight excluding hydrogens is 304 g/mol. The fourth-order valence-electron chi connectivity index (χ4n) is 3.06. The van der Waals surface area contributed by atoms with Gasteiger partial charge < -0.3 is 10.6 Å². The van der Waals surface area contributed by atoms with Gasteiger partial charge in [0.05, 0.1) is 24.2 Å². The molecule has 6 heteroatoms. The third kappa shape index (κ3) is 4.33. The average Bonchev–Trinajstić information content (AvgIpc) is 2.59. The van der Waals surface area contributed by atoms with Gasteiger partial charge in [-0.25, -0.2) is 0 Å². The molecule has 2 amide bonds. The van der Waals surface area contributed by atoms with Crippen molar-refractivity contribution in [3.05, 3.63) is 35.4 Å². The summed E-state index contributed by atoms with van der Waals surface area (Å²) in [4.78, 5) is 24.1. The normalized spacial score (nSPS) is 22.7. The van der Waals surface area contributed by atoms with E-state index in [0.29, 0.717) is 29.9 Å². The molecule has 0 heterocycles. The van der Waals surface area contributed by atoms with Gasteiger partial charge in [0.15, 0.2) is 0 Å². The summed E-state index contributed by atoms with van der Waals surface area (Å²) in [6.07, 6.45) is 3.25. The molecule has 1 aliphatic rings. The van der Waals surface area contributed by atoms with Gasteiger partial charge in [-0.05, 0) is 49.4 Å². The predicted molar refractivity (Wildman–Crippen MR) is 87.6 cm³/mol. The molecule has 0 aromatic heterocycles. The highest BCUT2D eigenvalue weighted by molar-refractivity contribution is 5.96. The van der Waals surface area contributed by atoms with E-state index in [0.717, 1.165) is 12.8 Å². The van der Waals surface area contributed by atoms with Crippen LogP contribution in [0.3, 0.4) is 0 Å². The molecule has 0 spiro atoms. The number of benzene rings is 1. The predicted octanol–water partition coefficient (Wildman–Crippen LogP) is 1.88. The number of hydrogen-bond donors (Lipinski definition) is 2. The fraction of sp³-hybridized carbons (Fsp3) is 0.444. The van der Waals surface area contributed by atoms with Gasteiger partial charge in [0.1, 0.15) is 5.54 Å². The van der Waals surface area contributed by atoms with Gasteiger partial charge >= 0.3 is 0 Å². The average molecular weight is 324 g/mol. The quantitative estimate of drug-likeness (QED) is 0.882. The van der Waals surface area contributed by atoms with E-state index in [1.165, 1.54) is 12.1 Å². The summed E-state index contributed by atoms with van der Waals surface area (Å²) >= 11 is 0. The van der Waals surface area contributed by atoms with Crippen LogP contribution in [-0.4, -0.2) is 23.9 Å². The van der Waals surface area contributed by atoms with E-state index >= 15 is 0 Å². The summed E-state index contributed by atoms with van der Waals surface area (Å²) < 4.78 is 0. The molecule has 2 rings (SSSR count). The lowest BCUT2D eigenvalue weighted by Gasteiger charge is -2.35. The van der Waals surface area contributed by atoms with Crippen molar-refractivity contribution >= 4 is 11.8 Å². The first-order chi connectivity index (χ1) is 11.5. The molecule has 1 aliphatic carbocycles. The van der Waals surface area contributed by atoms with Crippen LogP contribution in [0, 0.1) is 28.6 Å². The Balaban J connectivity index is 1.89. The van der Waals surface area contributed by atoms with Gasteiger partial charge in [0, 0.05) is 5.56 Å². The standard InChI is InChI=1S/C18H20N4O2/c1-13-3-2-8-18(9-13,12-20)22-16(23)11-21-17(24)15-6-4-14(10-19)5-7-15/h4-7,13H,2-3,8-9,11H2,1H3,(H,21,24)(H,22,23)/t13-,18+/m0/s1. The molecule has 24 heavy (non-hydrogen) atoms. The van der Waals surface area contributed by atoms with Crippen molar-refractivity contribution in [2.45, 2.75) is 38.1 Å². The van der Waals surface area contributed by atoms with Crippen molar-refractivity contribution < 1.29 is 9.59 Å². The van der Waals surface area contributed by atoms with Crippen molar-refractivity contribution in [3.63, 3.8) is 0 Å². The number of carbonyl (C=O) groups excluding carboxylic acids is 2. The van der Waals surface area contributed by atoms with Crippen molar-refractivity contribution in [3.8, 4) is 12.1 Å². The lowest BCUT2D eigenvalue weighted by molar-refractivity contribution is -0.121. The van der Waals surface area contributed by atoms with E-state index < -0.39 is 11.4 Å². The van der Waals surface area contributed by atoms with Gasteiger partial charge in [-0.3, -0.25) is 9.59 Å². The van der Waals surface area contributed by atoms with Crippen molar-refractivity contribution in [1.82, 2.24) is 10.6 Å². The summed E-state index contributed by atoms with van der Waals surface area (Å²) in [5.41, 5.74) is 0.0169. The maximum absolute atomic E-state index is 12.1. The minimum Gasteiger partial charge on any atom is -0.343 e. The molecule has 1 saturated carbocycles. The van der Waals surface area contributed by atoms with E-state index in [-0.39, 0.29) is 12.5 Å². The molecule has 1 fully saturated rings. The minimum absolute atomic E-state index is 0.184. The summed E-state index contributed by atoms with van der Waals surface area (Å²) in [6.45, 7) is 1.89. The topological polar surface area (TPSA) is 106 Å². The van der Waals surface area contributed by atoms with Gasteiger partial charge in [0.2, 0.25) is 5.91 Å². The smallest absolute Gasteiger partial charge is 0.251 e. The Bertz CT molecular complexity index is 699. The molecule has 2 atom stereocenters. The SMILES string of the molecule is C[C@H]1CCC[C@@](C#N)(NC(=O)CNC(=O)c2ccc(C#N)cc2)C1. The van der Waals surface area contributed by atoms with Gasteiger partial charge in [0.25, 0.3) is 5.91 Å². The van der Waals surface area contributed by atoms with Crippen LogP contribution in [-0.2, 0) is 4.79 Å². The first-order valence-corrected chi connectivity index (χ1v) is 7.98. The number of nitriles is 2. The summed E-state index contributed by atoms with van der Waals surface area (Å²) in [5, 5.41) is 23.5. The zero-order valence-electron chi connectivity index (χ0n) is 13.6. The van der Waals surface area contributed by atoms with E-state index in [2.05, 4.69) is 23.6 Å². The Morgan fingerprint density at radius 2 is 2.00 bits per heavy atom. The first-order valence-electron chi connectivity index (χ1n) is 7.98. The number of nitrogens with zero attached hydrogens (tertiary/aromatic N) is 2. The molecule has 0 bridgehead atoms. The van der Waals surface area contributed by atoms with E-state index in [1.807, 2.05) is 6.07 Å². The molecule has 0 unspecified atom stereocenters. The van der Waals surface area contributed by atoms with Crippen LogP contribution >= 0.6 is 0 Å². The zero-order chi connectivity index (χ0) is 17.6. The second-order valence-electron chi connectivity index (χ2n) is 6.32. The van der Waals surface area contributed by atoms with Crippen LogP contribution in [0.4, 0.5) is 0 Å². The Hall–Kier alpha value is -2.86. The maximum Gasteiger partial charge on any atom is 0.251 e. The Morgan fingerprint density at radius 3 is 2.58 bits per heavy atom. The number of nitrogens with one attached hydrogen (secondary N) is 2. The molecule has 0 radical (unpaired) electrons. The lowest BCUT2D eigenvalue weighted by Crippen LogP contribution is -2.52. The largest absolute Gasteiger partial charge is 0.343 e. The molecule has 2 N–H and O–H groups in total. The first kappa shape index (κ1) is 17.5. The van der Waals surface area contributed by atoms with E-state index in [4.69, 9.17) is 5.26 Å². The Kier molecular flexibility index (Phi) is 5.55.